The summed E-state index contributed by atoms with van der Waals surface area (Å²) in [5, 5.41) is 5.74. The number of ether oxygens (including phenoxy) is 1. The first-order valence-corrected chi connectivity index (χ1v) is 10.5. The second-order valence-corrected chi connectivity index (χ2v) is 7.66. The molecular weight excluding hydrogens is 437 g/mol. The fourth-order valence-corrected chi connectivity index (χ4v) is 3.69. The van der Waals surface area contributed by atoms with E-state index in [1.54, 1.807) is 48.5 Å². The number of amides is 3. The highest BCUT2D eigenvalue weighted by Crippen LogP contribution is 2.36. The van der Waals surface area contributed by atoms with Crippen LogP contribution in [0, 0.1) is 5.82 Å². The first-order chi connectivity index (χ1) is 16.4. The van der Waals surface area contributed by atoms with Gasteiger partial charge in [-0.15, -0.1) is 0 Å². The number of hydrogen-bond acceptors (Lipinski definition) is 5. The van der Waals surface area contributed by atoms with Crippen LogP contribution in [0.4, 0.5) is 15.8 Å². The van der Waals surface area contributed by atoms with E-state index in [9.17, 15) is 18.8 Å². The zero-order valence-corrected chi connectivity index (χ0v) is 18.6. The summed E-state index contributed by atoms with van der Waals surface area (Å²) < 4.78 is 18.8. The maximum atomic E-state index is 13.5. The number of carbonyl (C=O) groups is 3. The summed E-state index contributed by atoms with van der Waals surface area (Å²) in [5.74, 6) is -1.16. The zero-order valence-electron chi connectivity index (χ0n) is 18.6. The molecule has 34 heavy (non-hydrogen) atoms. The van der Waals surface area contributed by atoms with Gasteiger partial charge in [0.05, 0.1) is 19.2 Å². The van der Waals surface area contributed by atoms with Gasteiger partial charge in [-0.25, -0.2) is 4.39 Å². The third-order valence-electron chi connectivity index (χ3n) is 5.27. The Labute approximate surface area is 195 Å². The lowest BCUT2D eigenvalue weighted by Crippen LogP contribution is -2.32. The molecule has 4 rings (SSSR count). The number of nitrogens with zero attached hydrogens (tertiary/aromatic N) is 1. The van der Waals surface area contributed by atoms with Gasteiger partial charge in [0.15, 0.2) is 0 Å². The Balaban J connectivity index is 1.72. The van der Waals surface area contributed by atoms with Crippen LogP contribution in [-0.4, -0.2) is 29.7 Å². The summed E-state index contributed by atoms with van der Waals surface area (Å²) in [4.78, 5) is 39.2. The van der Waals surface area contributed by atoms with E-state index in [0.717, 1.165) is 4.90 Å². The number of carbonyl (C=O) groups excluding carboxylic acids is 3. The van der Waals surface area contributed by atoms with Crippen molar-refractivity contribution in [3.63, 3.8) is 0 Å². The summed E-state index contributed by atoms with van der Waals surface area (Å²) in [6.45, 7) is 1.40. The third kappa shape index (κ3) is 4.66. The van der Waals surface area contributed by atoms with Crippen molar-refractivity contribution in [1.82, 2.24) is 4.90 Å². The molecule has 0 aliphatic carbocycles. The topological polar surface area (TPSA) is 87.7 Å². The van der Waals surface area contributed by atoms with Crippen molar-refractivity contribution in [2.45, 2.75) is 13.5 Å². The Kier molecular flexibility index (Phi) is 6.40. The van der Waals surface area contributed by atoms with E-state index < -0.39 is 17.6 Å². The molecule has 0 fully saturated rings. The van der Waals surface area contributed by atoms with E-state index in [1.165, 1.54) is 38.3 Å². The minimum absolute atomic E-state index is 0.0107. The molecule has 0 saturated heterocycles. The van der Waals surface area contributed by atoms with Crippen molar-refractivity contribution >= 4 is 34.7 Å². The van der Waals surface area contributed by atoms with E-state index in [4.69, 9.17) is 4.74 Å². The van der Waals surface area contributed by atoms with Gasteiger partial charge in [-0.2, -0.15) is 0 Å². The maximum Gasteiger partial charge on any atom is 0.278 e. The largest absolute Gasteiger partial charge is 0.496 e. The molecule has 3 amide bonds. The van der Waals surface area contributed by atoms with Crippen molar-refractivity contribution < 1.29 is 23.5 Å². The van der Waals surface area contributed by atoms with Crippen LogP contribution in [-0.2, 0) is 20.9 Å². The molecule has 1 aliphatic heterocycles. The van der Waals surface area contributed by atoms with Crippen LogP contribution in [0.2, 0.25) is 0 Å². The van der Waals surface area contributed by atoms with Gasteiger partial charge in [-0.05, 0) is 48.0 Å². The van der Waals surface area contributed by atoms with E-state index in [-0.39, 0.29) is 23.7 Å². The standard InChI is InChI=1S/C26H22FN3O4/c1-16(31)28-19-11-13-20(14-12-19)29-24-23(21-5-3-4-6-22(21)34-2)25(32)30(26(24)33)15-17-7-9-18(27)10-8-17/h3-14,29H,15H2,1-2H3,(H,28,31). The van der Waals surface area contributed by atoms with E-state index in [1.807, 2.05) is 0 Å². The Morgan fingerprint density at radius 2 is 1.56 bits per heavy atom. The molecule has 0 radical (unpaired) electrons. The van der Waals surface area contributed by atoms with Crippen LogP contribution < -0.4 is 15.4 Å². The lowest BCUT2D eigenvalue weighted by atomic mass is 10.0. The molecule has 0 bridgehead atoms. The number of benzene rings is 3. The molecule has 8 heteroatoms. The van der Waals surface area contributed by atoms with Crippen molar-refractivity contribution in [1.29, 1.82) is 0 Å². The van der Waals surface area contributed by atoms with Gasteiger partial charge >= 0.3 is 0 Å². The number of nitrogens with one attached hydrogen (secondary N) is 2. The maximum absolute atomic E-state index is 13.5. The number of rotatable bonds is 7. The number of hydrogen-bond donors (Lipinski definition) is 2. The molecule has 7 nitrogen and oxygen atoms in total. The monoisotopic (exact) mass is 459 g/mol. The number of imide groups is 1. The molecular formula is C26H22FN3O4. The van der Waals surface area contributed by atoms with E-state index >= 15 is 0 Å². The summed E-state index contributed by atoms with van der Waals surface area (Å²) in [6.07, 6.45) is 0. The van der Waals surface area contributed by atoms with Crippen molar-refractivity contribution in [3.05, 3.63) is 95.4 Å². The number of anilines is 2. The van der Waals surface area contributed by atoms with Crippen LogP contribution in [0.5, 0.6) is 5.75 Å². The highest BCUT2D eigenvalue weighted by molar-refractivity contribution is 6.36. The molecule has 0 atom stereocenters. The third-order valence-corrected chi connectivity index (χ3v) is 5.27. The highest BCUT2D eigenvalue weighted by Gasteiger charge is 2.40. The average molecular weight is 459 g/mol. The Morgan fingerprint density at radius 3 is 2.21 bits per heavy atom. The number of methoxy groups -OCH3 is 1. The van der Waals surface area contributed by atoms with E-state index in [2.05, 4.69) is 10.6 Å². The number of para-hydroxylation sites is 1. The SMILES string of the molecule is COc1ccccc1C1=C(Nc2ccc(NC(C)=O)cc2)C(=O)N(Cc2ccc(F)cc2)C1=O. The van der Waals surface area contributed by atoms with Crippen molar-refractivity contribution in [2.24, 2.45) is 0 Å². The molecule has 0 saturated carbocycles. The summed E-state index contributed by atoms with van der Waals surface area (Å²) in [7, 11) is 1.49. The highest BCUT2D eigenvalue weighted by atomic mass is 19.1. The summed E-state index contributed by atoms with van der Waals surface area (Å²) in [5.41, 5.74) is 2.52. The lowest BCUT2D eigenvalue weighted by molar-refractivity contribution is -0.137. The van der Waals surface area contributed by atoms with Gasteiger partial charge in [0.1, 0.15) is 17.3 Å². The molecule has 0 aromatic heterocycles. The van der Waals surface area contributed by atoms with Crippen molar-refractivity contribution in [3.8, 4) is 5.75 Å². The fraction of sp³-hybridized carbons (Fsp3) is 0.115. The fourth-order valence-electron chi connectivity index (χ4n) is 3.69. The lowest BCUT2D eigenvalue weighted by Gasteiger charge is -2.16. The Hall–Kier alpha value is -4.46. The molecule has 3 aromatic carbocycles. The number of halogens is 1. The minimum Gasteiger partial charge on any atom is -0.496 e. The van der Waals surface area contributed by atoms with Gasteiger partial charge in [-0.3, -0.25) is 19.3 Å². The van der Waals surface area contributed by atoms with Gasteiger partial charge in [0, 0.05) is 23.9 Å². The predicted molar refractivity (Wildman–Crippen MR) is 126 cm³/mol. The smallest absolute Gasteiger partial charge is 0.278 e. The molecule has 0 unspecified atom stereocenters. The second-order valence-electron chi connectivity index (χ2n) is 7.66. The molecule has 3 aromatic rings. The molecule has 172 valence electrons. The van der Waals surface area contributed by atoms with E-state index in [0.29, 0.717) is 28.3 Å². The zero-order chi connectivity index (χ0) is 24.2. The van der Waals surface area contributed by atoms with Gasteiger partial charge in [-0.1, -0.05) is 30.3 Å². The minimum atomic E-state index is -0.513. The quantitative estimate of drug-likeness (QED) is 0.518. The average Bonchev–Trinajstić information content (AvgIpc) is 3.05. The first kappa shape index (κ1) is 22.7. The van der Waals surface area contributed by atoms with Crippen LogP contribution in [0.1, 0.15) is 18.1 Å². The van der Waals surface area contributed by atoms with Crippen LogP contribution in [0.3, 0.4) is 0 Å². The van der Waals surface area contributed by atoms with Gasteiger partial charge in [0.25, 0.3) is 11.8 Å². The Bertz CT molecular complexity index is 1280. The van der Waals surface area contributed by atoms with Crippen LogP contribution >= 0.6 is 0 Å². The van der Waals surface area contributed by atoms with Gasteiger partial charge < -0.3 is 15.4 Å². The van der Waals surface area contributed by atoms with Crippen molar-refractivity contribution in [2.75, 3.05) is 17.7 Å². The molecule has 1 heterocycles. The second kappa shape index (κ2) is 9.58. The first-order valence-electron chi connectivity index (χ1n) is 10.5. The van der Waals surface area contributed by atoms with Crippen LogP contribution in [0.25, 0.3) is 5.57 Å². The van der Waals surface area contributed by atoms with Gasteiger partial charge in [0.2, 0.25) is 5.91 Å². The predicted octanol–water partition coefficient (Wildman–Crippen LogP) is 4.18. The van der Waals surface area contributed by atoms with Crippen LogP contribution in [0.15, 0.2) is 78.5 Å². The summed E-state index contributed by atoms with van der Waals surface area (Å²) >= 11 is 0. The normalized spacial score (nSPS) is 13.3. The summed E-state index contributed by atoms with van der Waals surface area (Å²) in [6, 6.07) is 19.3. The molecule has 0 spiro atoms. The Morgan fingerprint density at radius 1 is 0.912 bits per heavy atom. The molecule has 2 N–H and O–H groups in total. The molecule has 1 aliphatic rings.